The van der Waals surface area contributed by atoms with Crippen LogP contribution in [0, 0.1) is 0 Å². The third-order valence-electron chi connectivity index (χ3n) is 3.61. The molecule has 0 aromatic heterocycles. The van der Waals surface area contributed by atoms with Crippen LogP contribution in [0.1, 0.15) is 11.1 Å². The predicted molar refractivity (Wildman–Crippen MR) is 93.8 cm³/mol. The van der Waals surface area contributed by atoms with Gasteiger partial charge in [-0.2, -0.15) is 0 Å². The largest absolute Gasteiger partial charge is 0.497 e. The van der Waals surface area contributed by atoms with Crippen LogP contribution in [0.4, 0.5) is 0 Å². The van der Waals surface area contributed by atoms with Gasteiger partial charge in [-0.1, -0.05) is 54.2 Å². The molecule has 1 unspecified atom stereocenters. The lowest BCUT2D eigenvalue weighted by Gasteiger charge is -2.03. The maximum Gasteiger partial charge on any atom is 0.251 e. The molecule has 0 spiro atoms. The maximum atomic E-state index is 12.0. The Hall–Kier alpha value is -2.27. The van der Waals surface area contributed by atoms with Gasteiger partial charge in [0.05, 0.1) is 7.11 Å². The van der Waals surface area contributed by atoms with Gasteiger partial charge >= 0.3 is 0 Å². The van der Waals surface area contributed by atoms with E-state index in [1.165, 1.54) is 5.56 Å². The molecule has 1 atom stereocenters. The fourth-order valence-electron chi connectivity index (χ4n) is 2.34. The number of amides is 1. The summed E-state index contributed by atoms with van der Waals surface area (Å²) in [7, 11) is 1.65. The SMILES string of the molecule is COc1ccc(CSC2=NC(Cc3ccccc3)C(=O)N2)cc1. The Morgan fingerprint density at radius 2 is 1.83 bits per heavy atom. The van der Waals surface area contributed by atoms with Gasteiger partial charge in [0.25, 0.3) is 5.91 Å². The van der Waals surface area contributed by atoms with Crippen molar-refractivity contribution in [2.75, 3.05) is 7.11 Å². The summed E-state index contributed by atoms with van der Waals surface area (Å²) in [5, 5.41) is 3.57. The minimum Gasteiger partial charge on any atom is -0.497 e. The molecule has 3 rings (SSSR count). The van der Waals surface area contributed by atoms with Crippen molar-refractivity contribution in [2.45, 2.75) is 18.2 Å². The van der Waals surface area contributed by atoms with Gasteiger partial charge < -0.3 is 10.1 Å². The average Bonchev–Trinajstić information content (AvgIpc) is 2.94. The minimum atomic E-state index is -0.323. The molecule has 1 aliphatic heterocycles. The van der Waals surface area contributed by atoms with Crippen molar-refractivity contribution < 1.29 is 9.53 Å². The van der Waals surface area contributed by atoms with Gasteiger partial charge in [-0.3, -0.25) is 4.79 Å². The highest BCUT2D eigenvalue weighted by Gasteiger charge is 2.26. The van der Waals surface area contributed by atoms with E-state index >= 15 is 0 Å². The van der Waals surface area contributed by atoms with E-state index in [1.54, 1.807) is 18.9 Å². The van der Waals surface area contributed by atoms with Crippen molar-refractivity contribution in [1.82, 2.24) is 5.32 Å². The summed E-state index contributed by atoms with van der Waals surface area (Å²) in [5.74, 6) is 1.58. The molecule has 0 bridgehead atoms. The lowest BCUT2D eigenvalue weighted by Crippen LogP contribution is -2.28. The van der Waals surface area contributed by atoms with Crippen LogP contribution < -0.4 is 10.1 Å². The number of carbonyl (C=O) groups excluding carboxylic acids is 1. The average molecular weight is 326 g/mol. The number of hydrogen-bond acceptors (Lipinski definition) is 4. The van der Waals surface area contributed by atoms with Gasteiger partial charge in [0, 0.05) is 12.2 Å². The molecule has 0 radical (unpaired) electrons. The van der Waals surface area contributed by atoms with Crippen molar-refractivity contribution >= 4 is 22.8 Å². The van der Waals surface area contributed by atoms with E-state index in [0.29, 0.717) is 11.6 Å². The molecule has 1 aliphatic rings. The highest BCUT2D eigenvalue weighted by molar-refractivity contribution is 8.13. The Balaban J connectivity index is 1.57. The first kappa shape index (κ1) is 15.6. The lowest BCUT2D eigenvalue weighted by molar-refractivity contribution is -0.120. The Bertz CT molecular complexity index is 699. The minimum absolute atomic E-state index is 0.0221. The molecule has 0 fully saturated rings. The normalized spacial score (nSPS) is 16.8. The molecule has 0 saturated carbocycles. The molecule has 1 amide bonds. The van der Waals surface area contributed by atoms with Crippen LogP contribution in [0.25, 0.3) is 0 Å². The smallest absolute Gasteiger partial charge is 0.251 e. The van der Waals surface area contributed by atoms with Crippen LogP contribution in [-0.2, 0) is 17.0 Å². The van der Waals surface area contributed by atoms with E-state index in [2.05, 4.69) is 10.3 Å². The number of nitrogens with zero attached hydrogens (tertiary/aromatic N) is 1. The van der Waals surface area contributed by atoms with Crippen LogP contribution in [0.3, 0.4) is 0 Å². The van der Waals surface area contributed by atoms with E-state index in [0.717, 1.165) is 17.1 Å². The zero-order chi connectivity index (χ0) is 16.1. The molecule has 2 aromatic rings. The maximum absolute atomic E-state index is 12.0. The Labute approximate surface area is 140 Å². The molecule has 1 N–H and O–H groups in total. The highest BCUT2D eigenvalue weighted by Crippen LogP contribution is 2.20. The van der Waals surface area contributed by atoms with Gasteiger partial charge in [0.2, 0.25) is 0 Å². The fraction of sp³-hybridized carbons (Fsp3) is 0.222. The number of ether oxygens (including phenoxy) is 1. The van der Waals surface area contributed by atoms with Gasteiger partial charge in [0.15, 0.2) is 5.17 Å². The molecular formula is C18H18N2O2S. The second-order valence-corrected chi connectivity index (χ2v) is 6.23. The van der Waals surface area contributed by atoms with E-state index in [4.69, 9.17) is 4.74 Å². The summed E-state index contributed by atoms with van der Waals surface area (Å²) in [6.07, 6.45) is 0.638. The van der Waals surface area contributed by atoms with Crippen molar-refractivity contribution in [3.63, 3.8) is 0 Å². The Morgan fingerprint density at radius 1 is 1.09 bits per heavy atom. The van der Waals surface area contributed by atoms with E-state index in [-0.39, 0.29) is 11.9 Å². The first-order valence-electron chi connectivity index (χ1n) is 7.43. The summed E-state index contributed by atoms with van der Waals surface area (Å²) in [6.45, 7) is 0. The van der Waals surface area contributed by atoms with Crippen LogP contribution >= 0.6 is 11.8 Å². The summed E-state index contributed by atoms with van der Waals surface area (Å²) < 4.78 is 5.14. The van der Waals surface area contributed by atoms with Gasteiger partial charge in [-0.25, -0.2) is 4.99 Å². The first-order valence-corrected chi connectivity index (χ1v) is 8.41. The quantitative estimate of drug-likeness (QED) is 0.919. The van der Waals surface area contributed by atoms with Gasteiger partial charge in [0.1, 0.15) is 11.8 Å². The van der Waals surface area contributed by atoms with Crippen molar-refractivity contribution in [3.8, 4) is 5.75 Å². The summed E-state index contributed by atoms with van der Waals surface area (Å²) in [6, 6.07) is 17.5. The zero-order valence-electron chi connectivity index (χ0n) is 12.9. The van der Waals surface area contributed by atoms with E-state index < -0.39 is 0 Å². The van der Waals surface area contributed by atoms with Crippen LogP contribution in [0.15, 0.2) is 59.6 Å². The van der Waals surface area contributed by atoms with Crippen molar-refractivity contribution in [1.29, 1.82) is 0 Å². The van der Waals surface area contributed by atoms with E-state index in [9.17, 15) is 4.79 Å². The summed E-state index contributed by atoms with van der Waals surface area (Å²) in [4.78, 5) is 16.5. The fourth-order valence-corrected chi connectivity index (χ4v) is 3.21. The van der Waals surface area contributed by atoms with Crippen LogP contribution in [0.2, 0.25) is 0 Å². The second-order valence-electron chi connectivity index (χ2n) is 5.27. The summed E-state index contributed by atoms with van der Waals surface area (Å²) in [5.41, 5.74) is 2.29. The molecule has 118 valence electrons. The van der Waals surface area contributed by atoms with Gasteiger partial charge in [-0.15, -0.1) is 0 Å². The lowest BCUT2D eigenvalue weighted by atomic mass is 10.1. The van der Waals surface area contributed by atoms with Gasteiger partial charge in [-0.05, 0) is 23.3 Å². The Kier molecular flexibility index (Phi) is 4.98. The third-order valence-corrected chi connectivity index (χ3v) is 4.57. The molecule has 0 aliphatic carbocycles. The number of rotatable bonds is 5. The molecule has 5 heteroatoms. The summed E-state index contributed by atoms with van der Waals surface area (Å²) >= 11 is 1.55. The molecular weight excluding hydrogens is 308 g/mol. The topological polar surface area (TPSA) is 50.7 Å². The number of thioether (sulfide) groups is 1. The van der Waals surface area contributed by atoms with Crippen LogP contribution in [-0.4, -0.2) is 24.2 Å². The van der Waals surface area contributed by atoms with Crippen molar-refractivity contribution in [3.05, 3.63) is 65.7 Å². The monoisotopic (exact) mass is 326 g/mol. The highest BCUT2D eigenvalue weighted by atomic mass is 32.2. The van der Waals surface area contributed by atoms with Crippen LogP contribution in [0.5, 0.6) is 5.75 Å². The molecule has 4 nitrogen and oxygen atoms in total. The molecule has 0 saturated heterocycles. The predicted octanol–water partition coefficient (Wildman–Crippen LogP) is 3.03. The third kappa shape index (κ3) is 4.13. The number of carbonyl (C=O) groups is 1. The van der Waals surface area contributed by atoms with E-state index in [1.807, 2.05) is 54.6 Å². The molecule has 23 heavy (non-hydrogen) atoms. The number of methoxy groups -OCH3 is 1. The number of hydrogen-bond donors (Lipinski definition) is 1. The first-order chi connectivity index (χ1) is 11.2. The van der Waals surface area contributed by atoms with Crippen molar-refractivity contribution in [2.24, 2.45) is 4.99 Å². The standard InChI is InChI=1S/C18H18N2O2S/c1-22-15-9-7-14(8-10-15)12-23-18-19-16(17(21)20-18)11-13-5-3-2-4-6-13/h2-10,16H,11-12H2,1H3,(H,19,20,21). The Morgan fingerprint density at radius 3 is 2.52 bits per heavy atom. The number of aliphatic imine (C=N–C) groups is 1. The molecule has 2 aromatic carbocycles. The number of amidine groups is 1. The second kappa shape index (κ2) is 7.33. The zero-order valence-corrected chi connectivity index (χ0v) is 13.7. The molecule has 1 heterocycles. The number of nitrogens with one attached hydrogen (secondary N) is 1. The number of benzene rings is 2.